The van der Waals surface area contributed by atoms with Gasteiger partial charge in [-0.1, -0.05) is 60.7 Å². The van der Waals surface area contributed by atoms with Crippen molar-refractivity contribution in [1.82, 2.24) is 19.1 Å². The summed E-state index contributed by atoms with van der Waals surface area (Å²) in [7, 11) is -24.0. The number of hydrogen-bond donors (Lipinski definition) is 6. The molecule has 0 aliphatic carbocycles. The molecule has 352 valence electrons. The van der Waals surface area contributed by atoms with E-state index in [2.05, 4.69) is 22.9 Å². The van der Waals surface area contributed by atoms with E-state index in [4.69, 9.17) is 37.5 Å². The molecule has 6 N–H and O–H groups in total. The number of aromatic amines is 2. The molecule has 0 spiro atoms. The molecule has 65 heavy (non-hydrogen) atoms. The van der Waals surface area contributed by atoms with Crippen LogP contribution in [0.5, 0.6) is 0 Å². The summed E-state index contributed by atoms with van der Waals surface area (Å²) in [5.74, 6) is 0. The molecule has 4 aliphatic heterocycles. The zero-order valence-corrected chi connectivity index (χ0v) is 36.5. The van der Waals surface area contributed by atoms with Crippen molar-refractivity contribution < 1.29 is 88.2 Å². The number of phosphoric acid groups is 4. The fourth-order valence-corrected chi connectivity index (χ4v) is 12.3. The number of aromatic nitrogens is 4. The Morgan fingerprint density at radius 3 is 1.22 bits per heavy atom. The number of phosphoric ester groups is 2. The molecule has 0 saturated carbocycles. The van der Waals surface area contributed by atoms with Gasteiger partial charge in [0.15, 0.2) is 25.0 Å². The SMILES string of the molecule is O=c1ccn([C@@H]2O[C@H](COP(=O)(O)OP(=O)(O)OP(=O)(O)OP(=O)(O)OC[C@H]3O[C@@H](n4ccc(=O)[nH]c4=O)[C@@H]4OC(Cc5ccccc5)O[C@@H]43)[C@H]3OC(Cc4ccccc4)O[C@H]32)c(=O)[nH]1. The standard InChI is InChI=1S/C34H38N4O23P4/c39-23-11-13-37(33(41)35-23)31-29-27(55-25(57-29)15-19-7-3-1-4-8-19)21(53-31)17-51-62(43,44)59-64(47,48)61-65(49,50)60-63(45,46)52-18-22-28-30(32(54-22)38-14-12-24(40)36-34(38)42)58-26(56-28)16-20-9-5-2-6-10-20/h1-14,21-22,25-32H,15-18H2,(H,43,44)(H,45,46)(H,47,48)(H,49,50)(H,35,39,41)(H,36,40,42)/t21-,22-,25?,26?,27-,28-,29-,30-,31-,32-/m1/s1. The number of nitrogens with zero attached hydrogens (tertiary/aromatic N) is 2. The molecule has 27 nitrogen and oxygen atoms in total. The monoisotopic (exact) mass is 994 g/mol. The van der Waals surface area contributed by atoms with Crippen LogP contribution in [0, 0.1) is 0 Å². The first-order valence-corrected chi connectivity index (χ1v) is 25.1. The molecule has 4 saturated heterocycles. The average Bonchev–Trinajstić information content (AvgIpc) is 3.97. The lowest BCUT2D eigenvalue weighted by Crippen LogP contribution is -2.36. The highest BCUT2D eigenvalue weighted by atomic mass is 31.3. The highest BCUT2D eigenvalue weighted by molar-refractivity contribution is 7.69. The quantitative estimate of drug-likeness (QED) is 0.0759. The van der Waals surface area contributed by atoms with Crippen molar-refractivity contribution in [3.8, 4) is 0 Å². The Hall–Kier alpha value is -3.88. The van der Waals surface area contributed by atoms with Gasteiger partial charge >= 0.3 is 42.7 Å². The van der Waals surface area contributed by atoms with Crippen LogP contribution < -0.4 is 22.5 Å². The number of hydrogen-bond acceptors (Lipinski definition) is 19. The Kier molecular flexibility index (Phi) is 13.9. The molecule has 4 aromatic rings. The zero-order valence-electron chi connectivity index (χ0n) is 32.9. The van der Waals surface area contributed by atoms with Crippen LogP contribution in [0.15, 0.2) is 104 Å². The van der Waals surface area contributed by atoms with Crippen molar-refractivity contribution in [3.63, 3.8) is 0 Å². The predicted octanol–water partition coefficient (Wildman–Crippen LogP) is 1.07. The van der Waals surface area contributed by atoms with Crippen LogP contribution in [0.3, 0.4) is 0 Å². The number of H-pyrrole nitrogens is 2. The van der Waals surface area contributed by atoms with Crippen LogP contribution in [0.2, 0.25) is 0 Å². The molecule has 2 aromatic carbocycles. The molecule has 8 rings (SSSR count). The lowest BCUT2D eigenvalue weighted by molar-refractivity contribution is -0.150. The highest BCUT2D eigenvalue weighted by Crippen LogP contribution is 2.71. The van der Waals surface area contributed by atoms with Crippen LogP contribution in [-0.2, 0) is 81.5 Å². The van der Waals surface area contributed by atoms with E-state index in [1.54, 1.807) is 60.7 Å². The topological polar surface area (TPSA) is 360 Å². The third-order valence-corrected chi connectivity index (χ3v) is 15.9. The molecule has 0 amide bonds. The molecule has 6 heterocycles. The maximum atomic E-state index is 12.9. The number of benzene rings is 2. The Morgan fingerprint density at radius 1 is 0.492 bits per heavy atom. The third kappa shape index (κ3) is 11.6. The van der Waals surface area contributed by atoms with E-state index in [-0.39, 0.29) is 12.8 Å². The van der Waals surface area contributed by atoms with E-state index in [0.29, 0.717) is 0 Å². The summed E-state index contributed by atoms with van der Waals surface area (Å²) in [6, 6.07) is 19.9. The van der Waals surface area contributed by atoms with Gasteiger partial charge < -0.3 is 48.0 Å². The Morgan fingerprint density at radius 2 is 0.846 bits per heavy atom. The lowest BCUT2D eigenvalue weighted by Gasteiger charge is -2.23. The van der Waals surface area contributed by atoms with Gasteiger partial charge in [-0.25, -0.2) is 27.8 Å². The van der Waals surface area contributed by atoms with Gasteiger partial charge in [0.05, 0.1) is 13.2 Å². The highest BCUT2D eigenvalue weighted by Gasteiger charge is 2.56. The van der Waals surface area contributed by atoms with E-state index in [1.165, 1.54) is 0 Å². The van der Waals surface area contributed by atoms with Crippen molar-refractivity contribution in [2.24, 2.45) is 0 Å². The Labute approximate surface area is 363 Å². The minimum absolute atomic E-state index is 0.214. The predicted molar refractivity (Wildman–Crippen MR) is 212 cm³/mol. The van der Waals surface area contributed by atoms with Crippen molar-refractivity contribution in [2.75, 3.05) is 13.2 Å². The summed E-state index contributed by atoms with van der Waals surface area (Å²) in [6.07, 6.45) is -8.88. The minimum Gasteiger partial charge on any atom is -0.346 e. The second kappa shape index (κ2) is 19.0. The summed E-state index contributed by atoms with van der Waals surface area (Å²) in [6.45, 7) is -1.94. The molecule has 6 unspecified atom stereocenters. The Bertz CT molecular complexity index is 2600. The van der Waals surface area contributed by atoms with Crippen molar-refractivity contribution in [1.29, 1.82) is 0 Å². The second-order valence-electron chi connectivity index (χ2n) is 14.5. The zero-order chi connectivity index (χ0) is 46.3. The molecule has 4 fully saturated rings. The molecular formula is C34H38N4O23P4. The summed E-state index contributed by atoms with van der Waals surface area (Å²) in [5, 5.41) is 0. The summed E-state index contributed by atoms with van der Waals surface area (Å²) >= 11 is 0. The van der Waals surface area contributed by atoms with E-state index in [9.17, 15) is 57.0 Å². The first-order valence-electron chi connectivity index (χ1n) is 19.1. The Balaban J connectivity index is 0.881. The van der Waals surface area contributed by atoms with Gasteiger partial charge in [0, 0.05) is 37.4 Å². The molecule has 4 aliphatic rings. The van der Waals surface area contributed by atoms with Gasteiger partial charge in [-0.2, -0.15) is 12.9 Å². The van der Waals surface area contributed by atoms with E-state index in [0.717, 1.165) is 44.8 Å². The number of fused-ring (bicyclic) bond motifs is 2. The van der Waals surface area contributed by atoms with Gasteiger partial charge in [-0.05, 0) is 11.1 Å². The van der Waals surface area contributed by atoms with Crippen LogP contribution in [0.25, 0.3) is 0 Å². The summed E-state index contributed by atoms with van der Waals surface area (Å²) in [4.78, 5) is 93.9. The van der Waals surface area contributed by atoms with Gasteiger partial charge in [0.25, 0.3) is 11.1 Å². The molecule has 31 heteroatoms. The molecular weight excluding hydrogens is 956 g/mol. The third-order valence-electron chi connectivity index (χ3n) is 9.97. The largest absolute Gasteiger partial charge is 0.490 e. The van der Waals surface area contributed by atoms with Crippen LogP contribution >= 0.6 is 31.3 Å². The van der Waals surface area contributed by atoms with Crippen LogP contribution in [0.1, 0.15) is 23.6 Å². The number of ether oxygens (including phenoxy) is 6. The maximum absolute atomic E-state index is 12.9. The number of nitrogens with one attached hydrogen (secondary N) is 2. The van der Waals surface area contributed by atoms with E-state index in [1.807, 2.05) is 0 Å². The lowest BCUT2D eigenvalue weighted by atomic mass is 10.1. The maximum Gasteiger partial charge on any atom is 0.490 e. The smallest absolute Gasteiger partial charge is 0.346 e. The first kappa shape index (κ1) is 47.6. The van der Waals surface area contributed by atoms with Crippen molar-refractivity contribution in [2.45, 2.75) is 74.5 Å². The minimum atomic E-state index is -6.22. The normalized spacial score (nSPS) is 31.0. The first-order chi connectivity index (χ1) is 30.7. The van der Waals surface area contributed by atoms with Crippen LogP contribution in [-0.4, -0.2) is 101 Å². The van der Waals surface area contributed by atoms with E-state index < -0.39 is 129 Å². The summed E-state index contributed by atoms with van der Waals surface area (Å²) < 4.78 is 111. The molecule has 2 aromatic heterocycles. The molecule has 0 bridgehead atoms. The van der Waals surface area contributed by atoms with Crippen LogP contribution in [0.4, 0.5) is 0 Å². The van der Waals surface area contributed by atoms with Gasteiger partial charge in [0.2, 0.25) is 0 Å². The number of rotatable bonds is 18. The van der Waals surface area contributed by atoms with Crippen molar-refractivity contribution >= 4 is 31.3 Å². The molecule has 14 atom stereocenters. The van der Waals surface area contributed by atoms with E-state index >= 15 is 0 Å². The van der Waals surface area contributed by atoms with Gasteiger partial charge in [0.1, 0.15) is 36.6 Å². The fraction of sp³-hybridized carbons (Fsp3) is 0.412. The second-order valence-corrected chi connectivity index (χ2v) is 20.7. The fourth-order valence-electron chi connectivity index (χ4n) is 7.38. The average molecular weight is 995 g/mol. The van der Waals surface area contributed by atoms with Gasteiger partial charge in [-0.3, -0.25) is 37.7 Å². The van der Waals surface area contributed by atoms with Crippen molar-refractivity contribution in [3.05, 3.63) is 138 Å². The molecule has 0 radical (unpaired) electrons. The summed E-state index contributed by atoms with van der Waals surface area (Å²) in [5.41, 5.74) is -1.65. The van der Waals surface area contributed by atoms with Gasteiger partial charge in [-0.15, -0.1) is 0 Å².